The van der Waals surface area contributed by atoms with E-state index in [1.54, 1.807) is 6.07 Å². The summed E-state index contributed by atoms with van der Waals surface area (Å²) in [6, 6.07) is 7.91. The molecule has 0 aliphatic carbocycles. The van der Waals surface area contributed by atoms with Crippen LogP contribution >= 0.6 is 0 Å². The van der Waals surface area contributed by atoms with Crippen molar-refractivity contribution in [2.24, 2.45) is 0 Å². The molecule has 0 amide bonds. The zero-order chi connectivity index (χ0) is 11.5. The molecule has 1 aromatic heterocycles. The molecule has 1 aromatic carbocycles. The summed E-state index contributed by atoms with van der Waals surface area (Å²) in [5.41, 5.74) is 9.03. The van der Waals surface area contributed by atoms with E-state index in [4.69, 9.17) is 5.73 Å². The molecular weight excluding hydrogens is 200 g/mol. The molecule has 0 atom stereocenters. The van der Waals surface area contributed by atoms with Crippen LogP contribution in [-0.2, 0) is 0 Å². The van der Waals surface area contributed by atoms with Gasteiger partial charge in [-0.3, -0.25) is 0 Å². The van der Waals surface area contributed by atoms with Gasteiger partial charge in [-0.05, 0) is 25.5 Å². The van der Waals surface area contributed by atoms with Crippen LogP contribution in [0.25, 0.3) is 0 Å². The predicted molar refractivity (Wildman–Crippen MR) is 65.6 cm³/mol. The second kappa shape index (κ2) is 4.18. The first-order valence-electron chi connectivity index (χ1n) is 5.07. The predicted octanol–water partition coefficient (Wildman–Crippen LogP) is 2.42. The fourth-order valence-corrected chi connectivity index (χ4v) is 1.53. The minimum absolute atomic E-state index is 0.460. The molecule has 2 aromatic rings. The number of anilines is 3. The van der Waals surface area contributed by atoms with Crippen molar-refractivity contribution in [2.75, 3.05) is 11.1 Å². The Morgan fingerprint density at radius 1 is 1.12 bits per heavy atom. The van der Waals surface area contributed by atoms with Crippen molar-refractivity contribution in [1.82, 2.24) is 9.97 Å². The maximum Gasteiger partial charge on any atom is 0.135 e. The summed E-state index contributed by atoms with van der Waals surface area (Å²) in [6.07, 6.45) is 1.45. The van der Waals surface area contributed by atoms with Crippen LogP contribution in [0.4, 0.5) is 17.3 Å². The normalized spacial score (nSPS) is 10.1. The summed E-state index contributed by atoms with van der Waals surface area (Å²) in [5, 5.41) is 3.21. The fraction of sp³-hybridized carbons (Fsp3) is 0.167. The Morgan fingerprint density at radius 2 is 1.94 bits per heavy atom. The number of aromatic nitrogens is 2. The Balaban J connectivity index is 2.27. The molecule has 4 heteroatoms. The number of nitrogen functional groups attached to an aromatic ring is 1. The van der Waals surface area contributed by atoms with Crippen LogP contribution in [0.15, 0.2) is 30.6 Å². The SMILES string of the molecule is Cc1ccc(Nc2cc(N)ncn2)c(C)c1. The second-order valence-electron chi connectivity index (χ2n) is 3.77. The van der Waals surface area contributed by atoms with E-state index in [0.717, 1.165) is 5.69 Å². The van der Waals surface area contributed by atoms with Gasteiger partial charge in [0.05, 0.1) is 0 Å². The highest BCUT2D eigenvalue weighted by molar-refractivity contribution is 5.62. The Kier molecular flexibility index (Phi) is 2.72. The first kappa shape index (κ1) is 10.4. The summed E-state index contributed by atoms with van der Waals surface area (Å²) in [6.45, 7) is 4.12. The molecule has 0 spiro atoms. The van der Waals surface area contributed by atoms with Gasteiger partial charge in [-0.25, -0.2) is 9.97 Å². The Labute approximate surface area is 94.5 Å². The summed E-state index contributed by atoms with van der Waals surface area (Å²) in [7, 11) is 0. The molecule has 0 aliphatic rings. The van der Waals surface area contributed by atoms with Crippen molar-refractivity contribution >= 4 is 17.3 Å². The van der Waals surface area contributed by atoms with Crippen molar-refractivity contribution in [3.8, 4) is 0 Å². The van der Waals surface area contributed by atoms with Crippen LogP contribution < -0.4 is 11.1 Å². The van der Waals surface area contributed by atoms with Crippen molar-refractivity contribution in [3.05, 3.63) is 41.7 Å². The lowest BCUT2D eigenvalue weighted by Gasteiger charge is -2.09. The van der Waals surface area contributed by atoms with E-state index >= 15 is 0 Å². The molecule has 0 bridgehead atoms. The van der Waals surface area contributed by atoms with Gasteiger partial charge in [-0.2, -0.15) is 0 Å². The largest absolute Gasteiger partial charge is 0.384 e. The molecule has 4 nitrogen and oxygen atoms in total. The smallest absolute Gasteiger partial charge is 0.135 e. The van der Waals surface area contributed by atoms with E-state index in [-0.39, 0.29) is 0 Å². The third kappa shape index (κ3) is 2.28. The van der Waals surface area contributed by atoms with Crippen molar-refractivity contribution in [2.45, 2.75) is 13.8 Å². The maximum absolute atomic E-state index is 5.58. The minimum Gasteiger partial charge on any atom is -0.384 e. The van der Waals surface area contributed by atoms with Crippen molar-refractivity contribution < 1.29 is 0 Å². The molecule has 0 saturated carbocycles. The molecule has 0 saturated heterocycles. The number of nitrogens with two attached hydrogens (primary N) is 1. The molecule has 82 valence electrons. The number of benzene rings is 1. The van der Waals surface area contributed by atoms with Gasteiger partial charge in [0.1, 0.15) is 18.0 Å². The van der Waals surface area contributed by atoms with Crippen LogP contribution in [-0.4, -0.2) is 9.97 Å². The van der Waals surface area contributed by atoms with Gasteiger partial charge in [-0.15, -0.1) is 0 Å². The van der Waals surface area contributed by atoms with Crippen LogP contribution in [0.5, 0.6) is 0 Å². The standard InChI is InChI=1S/C12H14N4/c1-8-3-4-10(9(2)5-8)16-12-6-11(13)14-7-15-12/h3-7H,1-2H3,(H3,13,14,15,16). The van der Waals surface area contributed by atoms with Crippen LogP contribution in [0.1, 0.15) is 11.1 Å². The third-order valence-corrected chi connectivity index (χ3v) is 2.33. The summed E-state index contributed by atoms with van der Waals surface area (Å²) < 4.78 is 0. The molecule has 1 heterocycles. The summed E-state index contributed by atoms with van der Waals surface area (Å²) in [5.74, 6) is 1.17. The number of nitrogens with one attached hydrogen (secondary N) is 1. The zero-order valence-corrected chi connectivity index (χ0v) is 9.36. The summed E-state index contributed by atoms with van der Waals surface area (Å²) in [4.78, 5) is 7.94. The molecule has 3 N–H and O–H groups in total. The van der Waals surface area contributed by atoms with E-state index in [0.29, 0.717) is 11.6 Å². The van der Waals surface area contributed by atoms with Gasteiger partial charge < -0.3 is 11.1 Å². The third-order valence-electron chi connectivity index (χ3n) is 2.33. The van der Waals surface area contributed by atoms with Gasteiger partial charge >= 0.3 is 0 Å². The lowest BCUT2D eigenvalue weighted by atomic mass is 10.1. The molecule has 16 heavy (non-hydrogen) atoms. The topological polar surface area (TPSA) is 63.8 Å². The average molecular weight is 214 g/mol. The second-order valence-corrected chi connectivity index (χ2v) is 3.77. The van der Waals surface area contributed by atoms with Crippen LogP contribution in [0.3, 0.4) is 0 Å². The Hall–Kier alpha value is -2.10. The maximum atomic E-state index is 5.58. The number of hydrogen-bond acceptors (Lipinski definition) is 4. The first-order valence-corrected chi connectivity index (χ1v) is 5.07. The number of rotatable bonds is 2. The molecule has 0 unspecified atom stereocenters. The fourth-order valence-electron chi connectivity index (χ4n) is 1.53. The number of hydrogen-bond donors (Lipinski definition) is 2. The molecule has 2 rings (SSSR count). The van der Waals surface area contributed by atoms with Crippen molar-refractivity contribution in [1.29, 1.82) is 0 Å². The quantitative estimate of drug-likeness (QED) is 0.805. The lowest BCUT2D eigenvalue weighted by Crippen LogP contribution is -1.98. The first-order chi connectivity index (χ1) is 7.65. The van der Waals surface area contributed by atoms with Gasteiger partial charge in [0.15, 0.2) is 0 Å². The van der Waals surface area contributed by atoms with E-state index in [1.165, 1.54) is 17.5 Å². The summed E-state index contributed by atoms with van der Waals surface area (Å²) >= 11 is 0. The van der Waals surface area contributed by atoms with Crippen LogP contribution in [0.2, 0.25) is 0 Å². The monoisotopic (exact) mass is 214 g/mol. The molecular formula is C12H14N4. The van der Waals surface area contributed by atoms with E-state index < -0.39 is 0 Å². The minimum atomic E-state index is 0.460. The Bertz CT molecular complexity index is 508. The number of nitrogens with zero attached hydrogens (tertiary/aromatic N) is 2. The zero-order valence-electron chi connectivity index (χ0n) is 9.36. The van der Waals surface area contributed by atoms with Crippen molar-refractivity contribution in [3.63, 3.8) is 0 Å². The van der Waals surface area contributed by atoms with Gasteiger partial charge in [0.25, 0.3) is 0 Å². The highest BCUT2D eigenvalue weighted by atomic mass is 15.0. The highest BCUT2D eigenvalue weighted by Gasteiger charge is 2.00. The van der Waals surface area contributed by atoms with E-state index in [2.05, 4.69) is 41.3 Å². The van der Waals surface area contributed by atoms with Gasteiger partial charge in [0, 0.05) is 11.8 Å². The van der Waals surface area contributed by atoms with E-state index in [1.807, 2.05) is 6.07 Å². The molecule has 0 fully saturated rings. The molecule has 0 aliphatic heterocycles. The Morgan fingerprint density at radius 3 is 2.62 bits per heavy atom. The van der Waals surface area contributed by atoms with Gasteiger partial charge in [-0.1, -0.05) is 17.7 Å². The van der Waals surface area contributed by atoms with Gasteiger partial charge in [0.2, 0.25) is 0 Å². The highest BCUT2D eigenvalue weighted by Crippen LogP contribution is 2.20. The molecule has 0 radical (unpaired) electrons. The van der Waals surface area contributed by atoms with Crippen LogP contribution in [0, 0.1) is 13.8 Å². The van der Waals surface area contributed by atoms with E-state index in [9.17, 15) is 0 Å². The average Bonchev–Trinajstić information content (AvgIpc) is 2.22. The number of aryl methyl sites for hydroxylation is 2. The lowest BCUT2D eigenvalue weighted by molar-refractivity contribution is 1.17.